The quantitative estimate of drug-likeness (QED) is 0.813. The number of nitrogens with two attached hydrogens (primary N) is 1. The largest absolute Gasteiger partial charge is 0.364 e. The predicted octanol–water partition coefficient (Wildman–Crippen LogP) is 0.159. The van der Waals surface area contributed by atoms with Crippen molar-refractivity contribution in [2.75, 3.05) is 6.54 Å². The first-order valence-electron chi connectivity index (χ1n) is 6.65. The number of aromatic nitrogens is 2. The lowest BCUT2D eigenvalue weighted by molar-refractivity contribution is -0.132. The number of hydrogen-bond acceptors (Lipinski definition) is 4. The Hall–Kier alpha value is -1.40. The van der Waals surface area contributed by atoms with E-state index in [1.54, 1.807) is 0 Å². The number of ether oxygens (including phenoxy) is 1. The molecule has 3 N–H and O–H groups in total. The number of rotatable bonds is 4. The van der Waals surface area contributed by atoms with Crippen LogP contribution in [0.3, 0.4) is 0 Å². The van der Waals surface area contributed by atoms with Gasteiger partial charge in [-0.05, 0) is 26.7 Å². The van der Waals surface area contributed by atoms with E-state index in [0.717, 1.165) is 29.8 Å². The highest BCUT2D eigenvalue weighted by molar-refractivity contribution is 5.81. The molecule has 1 fully saturated rings. The third-order valence-electron chi connectivity index (χ3n) is 3.76. The summed E-state index contributed by atoms with van der Waals surface area (Å²) in [4.78, 5) is 12.0. The number of aryl methyl sites for hydroxylation is 2. The summed E-state index contributed by atoms with van der Waals surface area (Å²) in [7, 11) is 1.90. The van der Waals surface area contributed by atoms with Crippen LogP contribution in [-0.4, -0.2) is 34.4 Å². The van der Waals surface area contributed by atoms with Crippen LogP contribution in [0.5, 0.6) is 0 Å². The lowest BCUT2D eigenvalue weighted by Gasteiger charge is -2.12. The van der Waals surface area contributed by atoms with Gasteiger partial charge < -0.3 is 15.8 Å². The molecule has 0 aromatic carbocycles. The Bertz CT molecular complexity index is 469. The molecule has 1 saturated heterocycles. The van der Waals surface area contributed by atoms with Crippen LogP contribution in [0.4, 0.5) is 0 Å². The van der Waals surface area contributed by atoms with E-state index in [2.05, 4.69) is 10.4 Å². The fourth-order valence-corrected chi connectivity index (χ4v) is 2.43. The Morgan fingerprint density at radius 3 is 2.79 bits per heavy atom. The highest BCUT2D eigenvalue weighted by atomic mass is 16.5. The Balaban J connectivity index is 1.90. The van der Waals surface area contributed by atoms with Crippen molar-refractivity contribution in [2.45, 2.75) is 45.4 Å². The molecule has 1 aromatic heterocycles. The van der Waals surface area contributed by atoms with E-state index >= 15 is 0 Å². The van der Waals surface area contributed by atoms with E-state index in [1.807, 2.05) is 25.6 Å². The van der Waals surface area contributed by atoms with E-state index < -0.39 is 0 Å². The van der Waals surface area contributed by atoms with Crippen LogP contribution < -0.4 is 11.1 Å². The molecule has 0 spiro atoms. The van der Waals surface area contributed by atoms with Gasteiger partial charge in [0.05, 0.1) is 11.8 Å². The van der Waals surface area contributed by atoms with E-state index in [1.165, 1.54) is 0 Å². The zero-order valence-corrected chi connectivity index (χ0v) is 11.8. The summed E-state index contributed by atoms with van der Waals surface area (Å²) < 4.78 is 7.40. The number of amides is 1. The normalized spacial score (nSPS) is 22.7. The van der Waals surface area contributed by atoms with E-state index in [4.69, 9.17) is 10.5 Å². The molecule has 2 heterocycles. The first kappa shape index (κ1) is 14.0. The van der Waals surface area contributed by atoms with Crippen LogP contribution in [0.25, 0.3) is 0 Å². The van der Waals surface area contributed by atoms with Crippen molar-refractivity contribution in [1.82, 2.24) is 15.1 Å². The third-order valence-corrected chi connectivity index (χ3v) is 3.76. The molecule has 19 heavy (non-hydrogen) atoms. The predicted molar refractivity (Wildman–Crippen MR) is 71.5 cm³/mol. The summed E-state index contributed by atoms with van der Waals surface area (Å²) in [5.41, 5.74) is 8.63. The molecule has 2 unspecified atom stereocenters. The molecule has 2 rings (SSSR count). The SMILES string of the molecule is Cc1nn(C)c(C)c1CNC(=O)C1CCC(CN)O1. The number of nitrogens with one attached hydrogen (secondary N) is 1. The Morgan fingerprint density at radius 2 is 2.26 bits per heavy atom. The van der Waals surface area contributed by atoms with Gasteiger partial charge in [0, 0.05) is 31.4 Å². The Morgan fingerprint density at radius 1 is 1.53 bits per heavy atom. The maximum atomic E-state index is 12.0. The zero-order valence-electron chi connectivity index (χ0n) is 11.8. The molecule has 106 valence electrons. The number of carbonyl (C=O) groups is 1. The van der Waals surface area contributed by atoms with Crippen LogP contribution in [0.15, 0.2) is 0 Å². The summed E-state index contributed by atoms with van der Waals surface area (Å²) in [5.74, 6) is -0.0568. The molecule has 0 saturated carbocycles. The zero-order chi connectivity index (χ0) is 14.0. The van der Waals surface area contributed by atoms with Crippen molar-refractivity contribution in [1.29, 1.82) is 0 Å². The van der Waals surface area contributed by atoms with Crippen molar-refractivity contribution in [3.8, 4) is 0 Å². The van der Waals surface area contributed by atoms with E-state index in [-0.39, 0.29) is 18.1 Å². The first-order chi connectivity index (χ1) is 9.02. The Labute approximate surface area is 113 Å². The first-order valence-corrected chi connectivity index (χ1v) is 6.65. The molecule has 1 amide bonds. The third kappa shape index (κ3) is 2.96. The lowest BCUT2D eigenvalue weighted by atomic mass is 10.1. The number of nitrogens with zero attached hydrogens (tertiary/aromatic N) is 2. The maximum Gasteiger partial charge on any atom is 0.249 e. The molecular weight excluding hydrogens is 244 g/mol. The van der Waals surface area contributed by atoms with Gasteiger partial charge in [0.15, 0.2) is 0 Å². The van der Waals surface area contributed by atoms with Gasteiger partial charge in [0.1, 0.15) is 6.10 Å². The molecule has 6 nitrogen and oxygen atoms in total. The van der Waals surface area contributed by atoms with Crippen molar-refractivity contribution in [2.24, 2.45) is 12.8 Å². The lowest BCUT2D eigenvalue weighted by Crippen LogP contribution is -2.35. The van der Waals surface area contributed by atoms with E-state index in [9.17, 15) is 4.79 Å². The second-order valence-electron chi connectivity index (χ2n) is 5.05. The summed E-state index contributed by atoms with van der Waals surface area (Å²) in [6, 6.07) is 0. The minimum atomic E-state index is -0.356. The van der Waals surface area contributed by atoms with Crippen molar-refractivity contribution >= 4 is 5.91 Å². The molecule has 0 radical (unpaired) electrons. The van der Waals surface area contributed by atoms with Gasteiger partial charge >= 0.3 is 0 Å². The molecule has 1 aliphatic heterocycles. The molecule has 0 bridgehead atoms. The summed E-state index contributed by atoms with van der Waals surface area (Å²) in [6.45, 7) is 4.92. The fourth-order valence-electron chi connectivity index (χ4n) is 2.43. The average Bonchev–Trinajstić information content (AvgIpc) is 2.94. The maximum absolute atomic E-state index is 12.0. The van der Waals surface area contributed by atoms with Crippen LogP contribution in [0, 0.1) is 13.8 Å². The van der Waals surface area contributed by atoms with Crippen molar-refractivity contribution in [3.05, 3.63) is 17.0 Å². The van der Waals surface area contributed by atoms with Gasteiger partial charge in [0.25, 0.3) is 0 Å². The summed E-state index contributed by atoms with van der Waals surface area (Å²) in [6.07, 6.45) is 1.28. The number of carbonyl (C=O) groups excluding carboxylic acids is 1. The van der Waals surface area contributed by atoms with Crippen LogP contribution in [0.2, 0.25) is 0 Å². The fraction of sp³-hybridized carbons (Fsp3) is 0.692. The average molecular weight is 266 g/mol. The van der Waals surface area contributed by atoms with Crippen LogP contribution in [-0.2, 0) is 23.1 Å². The van der Waals surface area contributed by atoms with Crippen molar-refractivity contribution in [3.63, 3.8) is 0 Å². The smallest absolute Gasteiger partial charge is 0.249 e. The van der Waals surface area contributed by atoms with Gasteiger partial charge in [-0.25, -0.2) is 0 Å². The molecule has 2 atom stereocenters. The topological polar surface area (TPSA) is 82.2 Å². The standard InChI is InChI=1S/C13H22N4O2/c1-8-11(9(2)17(3)16-8)7-15-13(18)12-5-4-10(6-14)19-12/h10,12H,4-7,14H2,1-3H3,(H,15,18). The minimum Gasteiger partial charge on any atom is -0.364 e. The van der Waals surface area contributed by atoms with Crippen LogP contribution >= 0.6 is 0 Å². The van der Waals surface area contributed by atoms with Gasteiger partial charge in [0.2, 0.25) is 5.91 Å². The second-order valence-corrected chi connectivity index (χ2v) is 5.05. The minimum absolute atomic E-state index is 0.0256. The molecule has 0 aliphatic carbocycles. The van der Waals surface area contributed by atoms with Gasteiger partial charge in [-0.2, -0.15) is 5.10 Å². The number of hydrogen-bond donors (Lipinski definition) is 2. The van der Waals surface area contributed by atoms with Crippen LogP contribution in [0.1, 0.15) is 29.8 Å². The van der Waals surface area contributed by atoms with Gasteiger partial charge in [-0.3, -0.25) is 9.48 Å². The molecule has 1 aromatic rings. The summed E-state index contributed by atoms with van der Waals surface area (Å²) >= 11 is 0. The summed E-state index contributed by atoms with van der Waals surface area (Å²) in [5, 5.41) is 7.25. The molecule has 6 heteroatoms. The van der Waals surface area contributed by atoms with E-state index in [0.29, 0.717) is 13.1 Å². The monoisotopic (exact) mass is 266 g/mol. The van der Waals surface area contributed by atoms with Gasteiger partial charge in [-0.15, -0.1) is 0 Å². The Kier molecular flexibility index (Phi) is 4.21. The molecular formula is C13H22N4O2. The second kappa shape index (κ2) is 5.71. The van der Waals surface area contributed by atoms with Crippen molar-refractivity contribution < 1.29 is 9.53 Å². The highest BCUT2D eigenvalue weighted by Gasteiger charge is 2.29. The highest BCUT2D eigenvalue weighted by Crippen LogP contribution is 2.19. The molecule has 1 aliphatic rings. The van der Waals surface area contributed by atoms with Gasteiger partial charge in [-0.1, -0.05) is 0 Å².